The third-order valence-electron chi connectivity index (χ3n) is 6.01. The van der Waals surface area contributed by atoms with Crippen molar-refractivity contribution >= 4 is 28.3 Å². The molecule has 0 radical (unpaired) electrons. The largest absolute Gasteiger partial charge is 0.366 e. The van der Waals surface area contributed by atoms with Gasteiger partial charge in [-0.1, -0.05) is 12.5 Å². The maximum Gasteiger partial charge on any atom is 0.250 e. The van der Waals surface area contributed by atoms with Crippen LogP contribution in [0.5, 0.6) is 0 Å². The highest BCUT2D eigenvalue weighted by Crippen LogP contribution is 2.35. The van der Waals surface area contributed by atoms with Crippen molar-refractivity contribution in [2.45, 2.75) is 44.1 Å². The number of fused-ring (bicyclic) bond motifs is 1. The van der Waals surface area contributed by atoms with Gasteiger partial charge in [-0.15, -0.1) is 11.3 Å². The first-order chi connectivity index (χ1) is 13.2. The normalized spacial score (nSPS) is 19.4. The number of likely N-dealkylation sites (tertiary alicyclic amines) is 1. The number of benzene rings is 1. The number of hydrogen-bond donors (Lipinski definition) is 2. The Morgan fingerprint density at radius 3 is 2.70 bits per heavy atom. The van der Waals surface area contributed by atoms with Crippen molar-refractivity contribution in [3.8, 4) is 11.5 Å². The number of primary amides is 1. The smallest absolute Gasteiger partial charge is 0.250 e. The molecular weight excluding hydrogens is 358 g/mol. The van der Waals surface area contributed by atoms with Gasteiger partial charge in [0, 0.05) is 17.3 Å². The minimum Gasteiger partial charge on any atom is -0.366 e. The standard InChI is InChI=1S/C20H23N5OS/c21-18(26)14-5-2-6-15-17(14)24-19(22-15)16-11-27-20(23-16)12-7-9-25(10-8-12)13-3-1-4-13/h2,5-6,11-13H,1,3-4,7-10H2,(H2,21,26)(H,22,24). The fraction of sp³-hybridized carbons (Fsp3) is 0.450. The fourth-order valence-corrected chi connectivity index (χ4v) is 5.18. The van der Waals surface area contributed by atoms with Crippen molar-refractivity contribution in [1.82, 2.24) is 19.9 Å². The van der Waals surface area contributed by atoms with Crippen LogP contribution < -0.4 is 5.73 Å². The van der Waals surface area contributed by atoms with Crippen LogP contribution in [0.15, 0.2) is 23.6 Å². The molecule has 140 valence electrons. The Morgan fingerprint density at radius 1 is 1.19 bits per heavy atom. The van der Waals surface area contributed by atoms with Crippen LogP contribution in [0.2, 0.25) is 0 Å². The van der Waals surface area contributed by atoms with Gasteiger partial charge in [-0.2, -0.15) is 0 Å². The first-order valence-electron chi connectivity index (χ1n) is 9.67. The van der Waals surface area contributed by atoms with Crippen molar-refractivity contribution in [3.63, 3.8) is 0 Å². The number of piperidine rings is 1. The molecule has 1 amide bonds. The maximum atomic E-state index is 11.6. The van der Waals surface area contributed by atoms with E-state index in [2.05, 4.69) is 20.2 Å². The number of aromatic amines is 1. The number of H-pyrrole nitrogens is 1. The van der Waals surface area contributed by atoms with Crippen LogP contribution in [-0.2, 0) is 0 Å². The summed E-state index contributed by atoms with van der Waals surface area (Å²) in [5.74, 6) is 0.787. The average molecular weight is 382 g/mol. The number of hydrogen-bond acceptors (Lipinski definition) is 5. The first-order valence-corrected chi connectivity index (χ1v) is 10.6. The third kappa shape index (κ3) is 3.04. The summed E-state index contributed by atoms with van der Waals surface area (Å²) in [4.78, 5) is 27.0. The molecule has 1 aromatic carbocycles. The minimum absolute atomic E-state index is 0.439. The zero-order valence-electron chi connectivity index (χ0n) is 15.1. The van der Waals surface area contributed by atoms with Crippen LogP contribution in [0, 0.1) is 0 Å². The Bertz CT molecular complexity index is 981. The number of thiazole rings is 1. The molecule has 27 heavy (non-hydrogen) atoms. The monoisotopic (exact) mass is 381 g/mol. The Morgan fingerprint density at radius 2 is 2.00 bits per heavy atom. The summed E-state index contributed by atoms with van der Waals surface area (Å²) in [7, 11) is 0. The molecule has 7 heteroatoms. The van der Waals surface area contributed by atoms with E-state index >= 15 is 0 Å². The third-order valence-corrected chi connectivity index (χ3v) is 7.02. The van der Waals surface area contributed by atoms with Gasteiger partial charge in [0.15, 0.2) is 5.82 Å². The van der Waals surface area contributed by atoms with Crippen molar-refractivity contribution in [3.05, 3.63) is 34.2 Å². The Kier molecular flexibility index (Phi) is 4.21. The van der Waals surface area contributed by atoms with Gasteiger partial charge in [-0.05, 0) is 50.9 Å². The molecule has 0 spiro atoms. The van der Waals surface area contributed by atoms with Crippen molar-refractivity contribution < 1.29 is 4.79 Å². The molecule has 5 rings (SSSR count). The van der Waals surface area contributed by atoms with Crippen molar-refractivity contribution in [2.24, 2.45) is 5.73 Å². The highest BCUT2D eigenvalue weighted by atomic mass is 32.1. The molecule has 6 nitrogen and oxygen atoms in total. The molecule has 1 aliphatic carbocycles. The number of aromatic nitrogens is 3. The number of nitrogens with two attached hydrogens (primary N) is 1. The number of carbonyl (C=O) groups excluding carboxylic acids is 1. The fourth-order valence-electron chi connectivity index (χ4n) is 4.20. The molecule has 1 saturated heterocycles. The number of amides is 1. The number of imidazole rings is 1. The second-order valence-electron chi connectivity index (χ2n) is 7.62. The number of nitrogens with one attached hydrogen (secondary N) is 1. The highest BCUT2D eigenvalue weighted by Gasteiger charge is 2.30. The Hall–Kier alpha value is -2.25. The molecule has 0 bridgehead atoms. The quantitative estimate of drug-likeness (QED) is 0.724. The molecule has 0 atom stereocenters. The molecule has 3 N–H and O–H groups in total. The first kappa shape index (κ1) is 16.9. The van der Waals surface area contributed by atoms with E-state index in [0.717, 1.165) is 17.3 Å². The van der Waals surface area contributed by atoms with Gasteiger partial charge in [0.2, 0.25) is 0 Å². The highest BCUT2D eigenvalue weighted by molar-refractivity contribution is 7.10. The van der Waals surface area contributed by atoms with E-state index in [4.69, 9.17) is 10.7 Å². The molecular formula is C20H23N5OS. The number of para-hydroxylation sites is 1. The van der Waals surface area contributed by atoms with Crippen LogP contribution in [0.1, 0.15) is 53.4 Å². The lowest BCUT2D eigenvalue weighted by Crippen LogP contribution is -2.44. The molecule has 2 aromatic heterocycles. The van der Waals surface area contributed by atoms with Crippen LogP contribution >= 0.6 is 11.3 Å². The zero-order valence-corrected chi connectivity index (χ0v) is 16.0. The summed E-state index contributed by atoms with van der Waals surface area (Å²) < 4.78 is 0. The molecule has 2 fully saturated rings. The SMILES string of the molecule is NC(=O)c1cccc2[nH]c(-c3csc(C4CCN(C5CCC5)CC4)n3)nc12. The van der Waals surface area contributed by atoms with E-state index in [1.54, 1.807) is 17.4 Å². The van der Waals surface area contributed by atoms with Crippen LogP contribution in [-0.4, -0.2) is 44.9 Å². The molecule has 2 aliphatic rings. The van der Waals surface area contributed by atoms with E-state index in [1.165, 1.54) is 50.2 Å². The average Bonchev–Trinajstić information content (AvgIpc) is 3.27. The van der Waals surface area contributed by atoms with Gasteiger partial charge < -0.3 is 15.6 Å². The summed E-state index contributed by atoms with van der Waals surface area (Å²) in [5, 5.41) is 3.27. The molecule has 1 aliphatic heterocycles. The van der Waals surface area contributed by atoms with E-state index < -0.39 is 5.91 Å². The number of nitrogens with zero attached hydrogens (tertiary/aromatic N) is 3. The van der Waals surface area contributed by atoms with E-state index in [9.17, 15) is 4.79 Å². The summed E-state index contributed by atoms with van der Waals surface area (Å²) in [6.45, 7) is 2.38. The Labute approximate surface area is 161 Å². The van der Waals surface area contributed by atoms with E-state index in [0.29, 0.717) is 22.8 Å². The molecule has 0 unspecified atom stereocenters. The van der Waals surface area contributed by atoms with Crippen LogP contribution in [0.25, 0.3) is 22.6 Å². The summed E-state index contributed by atoms with van der Waals surface area (Å²) >= 11 is 1.72. The van der Waals surface area contributed by atoms with Crippen molar-refractivity contribution in [1.29, 1.82) is 0 Å². The van der Waals surface area contributed by atoms with E-state index in [1.807, 2.05) is 12.1 Å². The predicted molar refractivity (Wildman–Crippen MR) is 107 cm³/mol. The summed E-state index contributed by atoms with van der Waals surface area (Å²) in [6.07, 6.45) is 6.54. The topological polar surface area (TPSA) is 87.9 Å². The molecule has 1 saturated carbocycles. The second-order valence-corrected chi connectivity index (χ2v) is 8.51. The van der Waals surface area contributed by atoms with Crippen LogP contribution in [0.3, 0.4) is 0 Å². The predicted octanol–water partition coefficient (Wildman–Crippen LogP) is 3.52. The number of rotatable bonds is 4. The summed E-state index contributed by atoms with van der Waals surface area (Å²) in [6, 6.07) is 6.26. The van der Waals surface area contributed by atoms with Gasteiger partial charge in [0.25, 0.3) is 5.91 Å². The lowest BCUT2D eigenvalue weighted by Gasteiger charge is -2.41. The van der Waals surface area contributed by atoms with Gasteiger partial charge >= 0.3 is 0 Å². The van der Waals surface area contributed by atoms with Crippen molar-refractivity contribution in [2.75, 3.05) is 13.1 Å². The van der Waals surface area contributed by atoms with Gasteiger partial charge in [0.05, 0.1) is 16.1 Å². The lowest BCUT2D eigenvalue weighted by molar-refractivity contribution is 0.0975. The Balaban J connectivity index is 1.35. The van der Waals surface area contributed by atoms with Gasteiger partial charge in [-0.3, -0.25) is 4.79 Å². The molecule has 3 aromatic rings. The second kappa shape index (κ2) is 6.73. The van der Waals surface area contributed by atoms with Gasteiger partial charge in [0.1, 0.15) is 11.2 Å². The maximum absolute atomic E-state index is 11.6. The summed E-state index contributed by atoms with van der Waals surface area (Å²) in [5.41, 5.74) is 8.18. The lowest BCUT2D eigenvalue weighted by atomic mass is 9.88. The van der Waals surface area contributed by atoms with Gasteiger partial charge in [-0.25, -0.2) is 9.97 Å². The zero-order chi connectivity index (χ0) is 18.4. The molecule has 3 heterocycles. The van der Waals surface area contributed by atoms with E-state index in [-0.39, 0.29) is 0 Å². The number of carbonyl (C=O) groups is 1. The van der Waals surface area contributed by atoms with Crippen LogP contribution in [0.4, 0.5) is 0 Å². The minimum atomic E-state index is -0.462.